The smallest absolute Gasteiger partial charge is 0.241 e. The van der Waals surface area contributed by atoms with Gasteiger partial charge in [0.2, 0.25) is 5.91 Å². The van der Waals surface area contributed by atoms with Gasteiger partial charge in [-0.2, -0.15) is 0 Å². The average Bonchev–Trinajstić information content (AvgIpc) is 2.69. The molecule has 0 spiro atoms. The predicted molar refractivity (Wildman–Crippen MR) is 102 cm³/mol. The van der Waals surface area contributed by atoms with Crippen LogP contribution in [-0.2, 0) is 11.2 Å². The zero-order valence-electron chi connectivity index (χ0n) is 14.9. The molecule has 26 heavy (non-hydrogen) atoms. The van der Waals surface area contributed by atoms with Crippen molar-refractivity contribution in [3.63, 3.8) is 0 Å². The third kappa shape index (κ3) is 3.58. The normalized spacial score (nSPS) is 17.9. The Labute approximate surface area is 153 Å². The van der Waals surface area contributed by atoms with Gasteiger partial charge in [0.05, 0.1) is 6.54 Å². The second-order valence-corrected chi connectivity index (χ2v) is 7.02. The van der Waals surface area contributed by atoms with E-state index < -0.39 is 0 Å². The van der Waals surface area contributed by atoms with Crippen LogP contribution in [0.5, 0.6) is 0 Å². The number of carbonyl (C=O) groups is 1. The van der Waals surface area contributed by atoms with E-state index in [0.717, 1.165) is 56.9 Å². The Balaban J connectivity index is 1.35. The molecule has 0 saturated carbocycles. The second kappa shape index (κ2) is 7.46. The molecular weight excluding hydrogens is 329 g/mol. The summed E-state index contributed by atoms with van der Waals surface area (Å²) in [6.07, 6.45) is 2.08. The van der Waals surface area contributed by atoms with Crippen LogP contribution in [-0.4, -0.2) is 50.1 Å². The number of fused-ring (bicyclic) bond motifs is 1. The molecule has 4 nitrogen and oxygen atoms in total. The number of amides is 1. The number of para-hydroxylation sites is 1. The molecule has 136 valence electrons. The van der Waals surface area contributed by atoms with Gasteiger partial charge in [-0.25, -0.2) is 4.39 Å². The largest absolute Gasteiger partial charge is 0.369 e. The molecule has 0 N–H and O–H groups in total. The number of nitrogens with zero attached hydrogens (tertiary/aromatic N) is 3. The first kappa shape index (κ1) is 17.0. The van der Waals surface area contributed by atoms with E-state index in [4.69, 9.17) is 0 Å². The Hall–Kier alpha value is -2.40. The quantitative estimate of drug-likeness (QED) is 0.849. The molecule has 4 rings (SSSR count). The van der Waals surface area contributed by atoms with Crippen molar-refractivity contribution in [2.45, 2.75) is 12.8 Å². The lowest BCUT2D eigenvalue weighted by atomic mass is 10.0. The van der Waals surface area contributed by atoms with Crippen molar-refractivity contribution in [3.8, 4) is 0 Å². The third-order valence-corrected chi connectivity index (χ3v) is 5.33. The zero-order valence-corrected chi connectivity index (χ0v) is 14.9. The Morgan fingerprint density at radius 3 is 2.42 bits per heavy atom. The van der Waals surface area contributed by atoms with Gasteiger partial charge in [-0.05, 0) is 48.7 Å². The monoisotopic (exact) mass is 353 g/mol. The van der Waals surface area contributed by atoms with E-state index in [2.05, 4.69) is 21.9 Å². The first-order valence-electron chi connectivity index (χ1n) is 9.32. The summed E-state index contributed by atoms with van der Waals surface area (Å²) in [5.41, 5.74) is 3.39. The standard InChI is InChI=1S/C21H24FN3O/c22-18-7-9-19(10-8-18)24-14-12-23(13-15-24)16-21(26)25-11-3-5-17-4-1-2-6-20(17)25/h1-2,4,6-10H,3,5,11-16H2. The predicted octanol–water partition coefficient (Wildman–Crippen LogP) is 2.93. The SMILES string of the molecule is O=C(CN1CCN(c2ccc(F)cc2)CC1)N1CCCc2ccccc21. The zero-order chi connectivity index (χ0) is 17.9. The minimum absolute atomic E-state index is 0.187. The van der Waals surface area contributed by atoms with Crippen molar-refractivity contribution < 1.29 is 9.18 Å². The van der Waals surface area contributed by atoms with Crippen LogP contribution in [0.4, 0.5) is 15.8 Å². The Bertz CT molecular complexity index is 769. The van der Waals surface area contributed by atoms with Crippen LogP contribution >= 0.6 is 0 Å². The minimum Gasteiger partial charge on any atom is -0.369 e. The summed E-state index contributed by atoms with van der Waals surface area (Å²) in [5, 5.41) is 0. The van der Waals surface area contributed by atoms with Crippen LogP contribution in [0, 0.1) is 5.82 Å². The summed E-state index contributed by atoms with van der Waals surface area (Å²) in [6, 6.07) is 14.9. The maximum atomic E-state index is 13.1. The molecule has 0 atom stereocenters. The molecular formula is C21H24FN3O. The fraction of sp³-hybridized carbons (Fsp3) is 0.381. The molecule has 0 unspecified atom stereocenters. The van der Waals surface area contributed by atoms with Crippen LogP contribution in [0.1, 0.15) is 12.0 Å². The highest BCUT2D eigenvalue weighted by Crippen LogP contribution is 2.27. The molecule has 0 aromatic heterocycles. The lowest BCUT2D eigenvalue weighted by molar-refractivity contribution is -0.119. The Morgan fingerprint density at radius 2 is 1.65 bits per heavy atom. The molecule has 0 bridgehead atoms. The van der Waals surface area contributed by atoms with Gasteiger partial charge < -0.3 is 9.80 Å². The van der Waals surface area contributed by atoms with Gasteiger partial charge in [-0.15, -0.1) is 0 Å². The number of rotatable bonds is 3. The number of benzene rings is 2. The summed E-state index contributed by atoms with van der Waals surface area (Å²) in [5.74, 6) is -0.0211. The van der Waals surface area contributed by atoms with E-state index in [9.17, 15) is 9.18 Å². The summed E-state index contributed by atoms with van der Waals surface area (Å²) in [6.45, 7) is 4.68. The Morgan fingerprint density at radius 1 is 0.923 bits per heavy atom. The van der Waals surface area contributed by atoms with Gasteiger partial charge in [0.25, 0.3) is 0 Å². The van der Waals surface area contributed by atoms with E-state index in [-0.39, 0.29) is 11.7 Å². The molecule has 1 saturated heterocycles. The molecule has 2 aliphatic heterocycles. The second-order valence-electron chi connectivity index (χ2n) is 7.02. The average molecular weight is 353 g/mol. The number of anilines is 2. The highest BCUT2D eigenvalue weighted by atomic mass is 19.1. The highest BCUT2D eigenvalue weighted by molar-refractivity contribution is 5.96. The molecule has 2 heterocycles. The first-order chi connectivity index (χ1) is 12.7. The van der Waals surface area contributed by atoms with Crippen LogP contribution in [0.15, 0.2) is 48.5 Å². The molecule has 5 heteroatoms. The van der Waals surface area contributed by atoms with Crippen molar-refractivity contribution in [1.29, 1.82) is 0 Å². The van der Waals surface area contributed by atoms with Crippen molar-refractivity contribution in [2.24, 2.45) is 0 Å². The van der Waals surface area contributed by atoms with Gasteiger partial charge >= 0.3 is 0 Å². The number of hydrogen-bond donors (Lipinski definition) is 0. The maximum Gasteiger partial charge on any atom is 0.241 e. The molecule has 1 fully saturated rings. The van der Waals surface area contributed by atoms with E-state index in [0.29, 0.717) is 6.54 Å². The van der Waals surface area contributed by atoms with Gasteiger partial charge in [0.15, 0.2) is 0 Å². The molecule has 2 aromatic rings. The van der Waals surface area contributed by atoms with Crippen molar-refractivity contribution in [2.75, 3.05) is 49.1 Å². The number of aryl methyl sites for hydroxylation is 1. The van der Waals surface area contributed by atoms with Gasteiger partial charge in [-0.1, -0.05) is 18.2 Å². The summed E-state index contributed by atoms with van der Waals surface area (Å²) in [4.78, 5) is 19.3. The van der Waals surface area contributed by atoms with Gasteiger partial charge in [-0.3, -0.25) is 9.69 Å². The number of carbonyl (C=O) groups excluding carboxylic acids is 1. The summed E-state index contributed by atoms with van der Waals surface area (Å²) < 4.78 is 13.1. The summed E-state index contributed by atoms with van der Waals surface area (Å²) in [7, 11) is 0. The van der Waals surface area contributed by atoms with Crippen LogP contribution in [0.25, 0.3) is 0 Å². The van der Waals surface area contributed by atoms with Crippen molar-refractivity contribution in [3.05, 3.63) is 59.9 Å². The first-order valence-corrected chi connectivity index (χ1v) is 9.32. The van der Waals surface area contributed by atoms with E-state index in [1.54, 1.807) is 0 Å². The maximum absolute atomic E-state index is 13.1. The van der Waals surface area contributed by atoms with Gasteiger partial charge in [0.1, 0.15) is 5.82 Å². The minimum atomic E-state index is -0.209. The van der Waals surface area contributed by atoms with Crippen LogP contribution in [0.3, 0.4) is 0 Å². The molecule has 0 aliphatic carbocycles. The molecule has 1 amide bonds. The number of hydrogen-bond acceptors (Lipinski definition) is 3. The van der Waals surface area contributed by atoms with E-state index in [1.807, 2.05) is 29.2 Å². The van der Waals surface area contributed by atoms with E-state index >= 15 is 0 Å². The fourth-order valence-electron chi connectivity index (χ4n) is 3.89. The van der Waals surface area contributed by atoms with Gasteiger partial charge in [0, 0.05) is 44.1 Å². The molecule has 2 aliphatic rings. The third-order valence-electron chi connectivity index (χ3n) is 5.33. The number of halogens is 1. The lowest BCUT2D eigenvalue weighted by Gasteiger charge is -2.37. The van der Waals surface area contributed by atoms with Crippen molar-refractivity contribution >= 4 is 17.3 Å². The van der Waals surface area contributed by atoms with E-state index in [1.165, 1.54) is 17.7 Å². The summed E-state index contributed by atoms with van der Waals surface area (Å²) >= 11 is 0. The van der Waals surface area contributed by atoms with Crippen LogP contribution in [0.2, 0.25) is 0 Å². The highest BCUT2D eigenvalue weighted by Gasteiger charge is 2.25. The van der Waals surface area contributed by atoms with Crippen LogP contribution < -0.4 is 9.80 Å². The molecule has 0 radical (unpaired) electrons. The topological polar surface area (TPSA) is 26.8 Å². The lowest BCUT2D eigenvalue weighted by Crippen LogP contribution is -2.50. The fourth-order valence-corrected chi connectivity index (χ4v) is 3.89. The number of piperazine rings is 1. The Kier molecular flexibility index (Phi) is 4.89. The molecule has 2 aromatic carbocycles. The van der Waals surface area contributed by atoms with Crippen molar-refractivity contribution in [1.82, 2.24) is 4.90 Å².